The normalized spacial score (nSPS) is 38.2. The molecule has 0 bridgehead atoms. The molecule has 0 saturated carbocycles. The summed E-state index contributed by atoms with van der Waals surface area (Å²) in [6, 6.07) is 2.95. The molecule has 5 heterocycles. The third-order valence-electron chi connectivity index (χ3n) is 12.7. The van der Waals surface area contributed by atoms with Gasteiger partial charge in [0, 0.05) is 44.1 Å². The third-order valence-corrected chi connectivity index (χ3v) is 12.7. The number of aliphatic hydroxyl groups excluding tert-OH is 1. The zero-order valence-corrected chi connectivity index (χ0v) is 34.4. The largest absolute Gasteiger partial charge is 0.458 e. The minimum Gasteiger partial charge on any atom is -0.458 e. The number of cyclic esters (lactones) is 1. The second-order valence-electron chi connectivity index (χ2n) is 17.0. The number of imidazole rings is 1. The van der Waals surface area contributed by atoms with Crippen LogP contribution in [0, 0.1) is 35.5 Å². The number of carbonyl (C=O) groups excluding carboxylic acids is 4. The predicted molar refractivity (Wildman–Crippen MR) is 203 cm³/mol. The molecule has 0 aromatic carbocycles. The van der Waals surface area contributed by atoms with Crippen molar-refractivity contribution in [2.45, 2.75) is 149 Å². The van der Waals surface area contributed by atoms with Gasteiger partial charge in [-0.3, -0.25) is 14.4 Å². The van der Waals surface area contributed by atoms with Crippen molar-refractivity contribution < 1.29 is 48.0 Å². The lowest BCUT2D eigenvalue weighted by atomic mass is 9.73. The number of rotatable bonds is 9. The molecule has 13 atom stereocenters. The third kappa shape index (κ3) is 8.47. The zero-order valence-electron chi connectivity index (χ0n) is 34.4. The van der Waals surface area contributed by atoms with Gasteiger partial charge in [-0.2, -0.15) is 0 Å². The van der Waals surface area contributed by atoms with Crippen molar-refractivity contribution in [1.82, 2.24) is 19.4 Å². The minimum absolute atomic E-state index is 0.111. The van der Waals surface area contributed by atoms with Crippen LogP contribution in [0.2, 0.25) is 0 Å². The fourth-order valence-electron chi connectivity index (χ4n) is 9.16. The van der Waals surface area contributed by atoms with Crippen LogP contribution in [0.4, 0.5) is 4.79 Å². The number of nitrogens with zero attached hydrogens (tertiary/aromatic N) is 4. The molecule has 2 unspecified atom stereocenters. The Hall–Kier alpha value is -3.46. The number of fused-ring (bicyclic) bond motifs is 2. The molecule has 2 aromatic heterocycles. The number of aryl methyl sites for hydroxylation is 1. The first-order valence-corrected chi connectivity index (χ1v) is 19.9. The van der Waals surface area contributed by atoms with Crippen LogP contribution in [0.15, 0.2) is 24.7 Å². The fourth-order valence-corrected chi connectivity index (χ4v) is 9.16. The second-order valence-corrected chi connectivity index (χ2v) is 17.0. The number of carbonyl (C=O) groups is 4. The molecule has 3 fully saturated rings. The number of pyridine rings is 1. The summed E-state index contributed by atoms with van der Waals surface area (Å²) in [5.41, 5.74) is -1.08. The van der Waals surface area contributed by atoms with Gasteiger partial charge in [0.2, 0.25) is 0 Å². The van der Waals surface area contributed by atoms with E-state index in [4.69, 9.17) is 23.7 Å². The quantitative estimate of drug-likeness (QED) is 0.197. The number of ketones is 2. The van der Waals surface area contributed by atoms with E-state index >= 15 is 0 Å². The van der Waals surface area contributed by atoms with E-state index in [2.05, 4.69) is 9.97 Å². The van der Waals surface area contributed by atoms with E-state index in [1.165, 1.54) is 14.0 Å². The van der Waals surface area contributed by atoms with Gasteiger partial charge in [-0.15, -0.1) is 0 Å². The van der Waals surface area contributed by atoms with Gasteiger partial charge in [0.15, 0.2) is 23.3 Å². The van der Waals surface area contributed by atoms with Crippen LogP contribution in [0.3, 0.4) is 0 Å². The molecule has 2 aromatic rings. The average Bonchev–Trinajstić information content (AvgIpc) is 3.68. The molecule has 0 radical (unpaired) electrons. The van der Waals surface area contributed by atoms with Gasteiger partial charge in [-0.05, 0) is 84.3 Å². The SMILES string of the molecule is CO[C@]1(C)C[C@@H](C)C(=O)[C@@H](C)[C@@H]2N(CCCCn3cnc4cccnc43)C(=O)O[C@]2(C)C(C)OC(=O)[C@H](C)C(=O)[C@H](C)C1O[C@@H]1O[C@H](C)C[C@H](C(C)C)[C@H]1O. The summed E-state index contributed by atoms with van der Waals surface area (Å²) in [7, 11) is 1.50. The van der Waals surface area contributed by atoms with Crippen molar-refractivity contribution in [2.75, 3.05) is 13.7 Å². The summed E-state index contributed by atoms with van der Waals surface area (Å²) in [5, 5.41) is 11.4. The van der Waals surface area contributed by atoms with Crippen molar-refractivity contribution in [3.63, 3.8) is 0 Å². The Balaban J connectivity index is 1.44. The molecular formula is C41H62N4O10. The first-order chi connectivity index (χ1) is 25.8. The van der Waals surface area contributed by atoms with Crippen molar-refractivity contribution in [3.8, 4) is 0 Å². The summed E-state index contributed by atoms with van der Waals surface area (Å²) in [4.78, 5) is 66.7. The Kier molecular flexibility index (Phi) is 13.2. The first kappa shape index (κ1) is 42.7. The van der Waals surface area contributed by atoms with Gasteiger partial charge < -0.3 is 38.3 Å². The van der Waals surface area contributed by atoms with E-state index in [9.17, 15) is 24.3 Å². The Morgan fingerprint density at radius 1 is 0.982 bits per heavy atom. The van der Waals surface area contributed by atoms with Gasteiger partial charge in [0.1, 0.15) is 29.4 Å². The Morgan fingerprint density at radius 2 is 1.67 bits per heavy atom. The van der Waals surface area contributed by atoms with E-state index in [0.717, 1.165) is 11.2 Å². The van der Waals surface area contributed by atoms with Crippen molar-refractivity contribution >= 4 is 34.8 Å². The summed E-state index contributed by atoms with van der Waals surface area (Å²) >= 11 is 0. The maximum atomic E-state index is 14.6. The number of unbranched alkanes of at least 4 members (excludes halogenated alkanes) is 1. The fraction of sp³-hybridized carbons (Fsp3) is 0.756. The number of aliphatic hydroxyl groups is 1. The number of amides is 1. The average molecular weight is 771 g/mol. The van der Waals surface area contributed by atoms with Gasteiger partial charge in [0.25, 0.3) is 0 Å². The molecule has 1 N–H and O–H groups in total. The van der Waals surface area contributed by atoms with E-state index in [1.54, 1.807) is 52.0 Å². The van der Waals surface area contributed by atoms with Crippen LogP contribution < -0.4 is 0 Å². The molecule has 306 valence electrons. The van der Waals surface area contributed by atoms with Gasteiger partial charge >= 0.3 is 12.1 Å². The van der Waals surface area contributed by atoms with Crippen molar-refractivity contribution in [1.29, 1.82) is 0 Å². The molecular weight excluding hydrogens is 708 g/mol. The van der Waals surface area contributed by atoms with E-state index in [-0.39, 0.29) is 30.1 Å². The predicted octanol–water partition coefficient (Wildman–Crippen LogP) is 5.37. The van der Waals surface area contributed by atoms with Crippen LogP contribution in [0.5, 0.6) is 0 Å². The summed E-state index contributed by atoms with van der Waals surface area (Å²) in [5.74, 6) is -4.89. The van der Waals surface area contributed by atoms with Gasteiger partial charge in [0.05, 0.1) is 30.2 Å². The lowest BCUT2D eigenvalue weighted by molar-refractivity contribution is -0.299. The maximum Gasteiger partial charge on any atom is 0.410 e. The van der Waals surface area contributed by atoms with Crippen LogP contribution in [-0.4, -0.2) is 110 Å². The number of ether oxygens (including phenoxy) is 5. The number of Topliss-reactive ketones (excluding diaryl/α,β-unsaturated/α-hetero) is 2. The van der Waals surface area contributed by atoms with Crippen LogP contribution >= 0.6 is 0 Å². The molecule has 0 aliphatic carbocycles. The molecule has 1 amide bonds. The molecule has 3 aliphatic heterocycles. The number of hydrogen-bond acceptors (Lipinski definition) is 12. The smallest absolute Gasteiger partial charge is 0.410 e. The summed E-state index contributed by atoms with van der Waals surface area (Å²) in [6.07, 6.45) is 0.648. The highest BCUT2D eigenvalue weighted by molar-refractivity contribution is 6.00. The highest BCUT2D eigenvalue weighted by Crippen LogP contribution is 2.43. The molecule has 14 heteroatoms. The second kappa shape index (κ2) is 17.0. The van der Waals surface area contributed by atoms with Gasteiger partial charge in [-0.1, -0.05) is 34.6 Å². The van der Waals surface area contributed by atoms with Crippen LogP contribution in [0.25, 0.3) is 11.2 Å². The number of hydrogen-bond donors (Lipinski definition) is 1. The van der Waals surface area contributed by atoms with Gasteiger partial charge in [-0.25, -0.2) is 14.8 Å². The number of aromatic nitrogens is 3. The Labute approximate surface area is 324 Å². The van der Waals surface area contributed by atoms with E-state index < -0.39 is 83.4 Å². The lowest BCUT2D eigenvalue weighted by Gasteiger charge is -2.46. The molecule has 0 spiro atoms. The van der Waals surface area contributed by atoms with E-state index in [0.29, 0.717) is 32.4 Å². The van der Waals surface area contributed by atoms with E-state index in [1.807, 2.05) is 44.4 Å². The topological polar surface area (TPSA) is 169 Å². The Morgan fingerprint density at radius 3 is 2.35 bits per heavy atom. The lowest BCUT2D eigenvalue weighted by Crippen LogP contribution is -2.59. The van der Waals surface area contributed by atoms with Crippen molar-refractivity contribution in [3.05, 3.63) is 24.7 Å². The summed E-state index contributed by atoms with van der Waals surface area (Å²) < 4.78 is 32.9. The monoisotopic (exact) mass is 770 g/mol. The number of esters is 1. The number of methoxy groups -OCH3 is 1. The van der Waals surface area contributed by atoms with Crippen LogP contribution in [-0.2, 0) is 44.6 Å². The summed E-state index contributed by atoms with van der Waals surface area (Å²) in [6.45, 7) is 18.8. The molecule has 3 aliphatic rings. The molecule has 55 heavy (non-hydrogen) atoms. The molecule has 3 saturated heterocycles. The highest BCUT2D eigenvalue weighted by Gasteiger charge is 2.59. The molecule has 5 rings (SSSR count). The maximum absolute atomic E-state index is 14.6. The molecule has 14 nitrogen and oxygen atoms in total. The Bertz CT molecular complexity index is 1700. The standard InChI is InChI=1S/C41H62N4O10/c1-22(2)29-19-24(4)52-38(33(29)48)54-35-26(6)32(47)27(7)37(49)53-28(8)41(10)34(25(5)31(46)23(3)20-40(35,9)51-11)45(39(50)55-41)18-13-12-17-44-21-43-30-15-14-16-42-36(30)44/h14-16,21-29,33-35,38,48H,12-13,17-20H2,1-11H3/t23-,24-,25-,26+,27-,28?,29-,33-,34+,35?,38+,40-,41-/m1/s1. The zero-order chi connectivity index (χ0) is 40.6. The first-order valence-electron chi connectivity index (χ1n) is 19.9. The highest BCUT2D eigenvalue weighted by atomic mass is 16.7. The van der Waals surface area contributed by atoms with Crippen LogP contribution in [0.1, 0.15) is 94.9 Å². The van der Waals surface area contributed by atoms with Crippen molar-refractivity contribution in [2.24, 2.45) is 35.5 Å². The minimum atomic E-state index is -1.40.